The molecule has 3 rings (SSSR count). The molecule has 2 aliphatic heterocycles. The molecule has 2 fully saturated rings. The molecule has 2 heterocycles. The number of amides is 1. The van der Waals surface area contributed by atoms with Crippen molar-refractivity contribution in [3.05, 3.63) is 29.8 Å². The summed E-state index contributed by atoms with van der Waals surface area (Å²) < 4.78 is 5.28. The Kier molecular flexibility index (Phi) is 3.42. The highest BCUT2D eigenvalue weighted by molar-refractivity contribution is 5.97. The fourth-order valence-corrected chi connectivity index (χ4v) is 3.20. The van der Waals surface area contributed by atoms with E-state index in [4.69, 9.17) is 4.74 Å². The van der Waals surface area contributed by atoms with Crippen LogP contribution < -0.4 is 10.1 Å². The second-order valence-corrected chi connectivity index (χ2v) is 5.37. The van der Waals surface area contributed by atoms with Crippen LogP contribution in [0, 0.1) is 5.92 Å². The van der Waals surface area contributed by atoms with Gasteiger partial charge in [-0.15, -0.1) is 0 Å². The minimum Gasteiger partial charge on any atom is -0.496 e. The summed E-state index contributed by atoms with van der Waals surface area (Å²) in [6.07, 6.45) is 2.45. The first-order valence-electron chi connectivity index (χ1n) is 6.95. The molecule has 0 spiro atoms. The second-order valence-electron chi connectivity index (χ2n) is 5.37. The van der Waals surface area contributed by atoms with Gasteiger partial charge in [-0.25, -0.2) is 0 Å². The van der Waals surface area contributed by atoms with E-state index in [1.807, 2.05) is 29.2 Å². The summed E-state index contributed by atoms with van der Waals surface area (Å²) in [5.41, 5.74) is 0.670. The Morgan fingerprint density at radius 2 is 2.21 bits per heavy atom. The van der Waals surface area contributed by atoms with E-state index in [0.717, 1.165) is 19.6 Å². The molecule has 0 saturated carbocycles. The Labute approximate surface area is 113 Å². The predicted octanol–water partition coefficient (Wildman–Crippen LogP) is 1.52. The number of para-hydroxylation sites is 1. The van der Waals surface area contributed by atoms with Crippen molar-refractivity contribution in [1.82, 2.24) is 10.2 Å². The summed E-state index contributed by atoms with van der Waals surface area (Å²) in [6, 6.07) is 7.94. The van der Waals surface area contributed by atoms with Crippen LogP contribution in [-0.4, -0.2) is 43.6 Å². The molecule has 0 radical (unpaired) electrons. The quantitative estimate of drug-likeness (QED) is 0.876. The lowest BCUT2D eigenvalue weighted by Gasteiger charge is -2.24. The van der Waals surface area contributed by atoms with Crippen molar-refractivity contribution in [3.8, 4) is 5.75 Å². The Balaban J connectivity index is 1.77. The van der Waals surface area contributed by atoms with Crippen LogP contribution >= 0.6 is 0 Å². The van der Waals surface area contributed by atoms with Crippen molar-refractivity contribution in [2.45, 2.75) is 18.9 Å². The number of ether oxygens (including phenoxy) is 1. The molecule has 0 aliphatic carbocycles. The van der Waals surface area contributed by atoms with Gasteiger partial charge in [-0.3, -0.25) is 4.79 Å². The molecule has 4 nitrogen and oxygen atoms in total. The molecule has 4 heteroatoms. The van der Waals surface area contributed by atoms with Gasteiger partial charge in [0, 0.05) is 19.1 Å². The molecule has 1 N–H and O–H groups in total. The maximum absolute atomic E-state index is 12.6. The molecular formula is C15H20N2O2. The van der Waals surface area contributed by atoms with Crippen molar-refractivity contribution >= 4 is 5.91 Å². The Morgan fingerprint density at radius 3 is 3.00 bits per heavy atom. The molecular weight excluding hydrogens is 240 g/mol. The fourth-order valence-electron chi connectivity index (χ4n) is 3.20. The molecule has 1 amide bonds. The number of piperidine rings is 1. The summed E-state index contributed by atoms with van der Waals surface area (Å²) in [7, 11) is 1.61. The first-order chi connectivity index (χ1) is 9.29. The summed E-state index contributed by atoms with van der Waals surface area (Å²) in [5, 5.41) is 3.52. The van der Waals surface area contributed by atoms with Crippen LogP contribution in [0.25, 0.3) is 0 Å². The molecule has 1 aromatic rings. The number of rotatable bonds is 2. The van der Waals surface area contributed by atoms with Gasteiger partial charge in [0.1, 0.15) is 5.75 Å². The standard InChI is InChI=1S/C15H20N2O2/c1-19-14-7-3-2-6-12(14)15(18)17-9-11-5-4-8-16-13(11)10-17/h2-3,6-7,11,13,16H,4-5,8-10H2,1H3/t11-,13+/m0/s1. The van der Waals surface area contributed by atoms with E-state index in [-0.39, 0.29) is 5.91 Å². The van der Waals surface area contributed by atoms with Crippen LogP contribution in [0.4, 0.5) is 0 Å². The molecule has 0 unspecified atom stereocenters. The highest BCUT2D eigenvalue weighted by Crippen LogP contribution is 2.28. The van der Waals surface area contributed by atoms with Gasteiger partial charge in [0.25, 0.3) is 5.91 Å². The van der Waals surface area contributed by atoms with E-state index < -0.39 is 0 Å². The van der Waals surface area contributed by atoms with E-state index in [9.17, 15) is 4.79 Å². The molecule has 1 aromatic carbocycles. The van der Waals surface area contributed by atoms with E-state index in [2.05, 4.69) is 5.32 Å². The molecule has 19 heavy (non-hydrogen) atoms. The van der Waals surface area contributed by atoms with Gasteiger partial charge in [0.15, 0.2) is 0 Å². The van der Waals surface area contributed by atoms with Gasteiger partial charge in [-0.2, -0.15) is 0 Å². The maximum atomic E-state index is 12.6. The lowest BCUT2D eigenvalue weighted by molar-refractivity contribution is 0.0782. The van der Waals surface area contributed by atoms with Crippen LogP contribution in [0.2, 0.25) is 0 Å². The van der Waals surface area contributed by atoms with Gasteiger partial charge in [-0.05, 0) is 37.4 Å². The average molecular weight is 260 g/mol. The van der Waals surface area contributed by atoms with E-state index in [0.29, 0.717) is 23.3 Å². The highest BCUT2D eigenvalue weighted by atomic mass is 16.5. The topological polar surface area (TPSA) is 41.6 Å². The minimum atomic E-state index is 0.0913. The number of nitrogens with one attached hydrogen (secondary N) is 1. The number of carbonyl (C=O) groups is 1. The number of nitrogens with zero attached hydrogens (tertiary/aromatic N) is 1. The zero-order valence-corrected chi connectivity index (χ0v) is 11.3. The smallest absolute Gasteiger partial charge is 0.257 e. The van der Waals surface area contributed by atoms with Crippen molar-refractivity contribution in [2.75, 3.05) is 26.7 Å². The number of hydrogen-bond donors (Lipinski definition) is 1. The predicted molar refractivity (Wildman–Crippen MR) is 73.4 cm³/mol. The first kappa shape index (κ1) is 12.5. The third kappa shape index (κ3) is 2.32. The van der Waals surface area contributed by atoms with Crippen molar-refractivity contribution in [2.24, 2.45) is 5.92 Å². The van der Waals surface area contributed by atoms with Gasteiger partial charge < -0.3 is 15.0 Å². The van der Waals surface area contributed by atoms with E-state index in [1.54, 1.807) is 7.11 Å². The van der Waals surface area contributed by atoms with Gasteiger partial charge >= 0.3 is 0 Å². The van der Waals surface area contributed by atoms with Crippen molar-refractivity contribution in [3.63, 3.8) is 0 Å². The molecule has 2 aliphatic rings. The monoisotopic (exact) mass is 260 g/mol. The summed E-state index contributed by atoms with van der Waals surface area (Å²) in [6.45, 7) is 2.77. The van der Waals surface area contributed by atoms with Gasteiger partial charge in [-0.1, -0.05) is 12.1 Å². The lowest BCUT2D eigenvalue weighted by atomic mass is 9.94. The van der Waals surface area contributed by atoms with Crippen LogP contribution in [0.15, 0.2) is 24.3 Å². The van der Waals surface area contributed by atoms with E-state index in [1.165, 1.54) is 12.8 Å². The average Bonchev–Trinajstić information content (AvgIpc) is 2.90. The van der Waals surface area contributed by atoms with E-state index >= 15 is 0 Å². The van der Waals surface area contributed by atoms with Crippen LogP contribution in [0.5, 0.6) is 5.75 Å². The van der Waals surface area contributed by atoms with Crippen LogP contribution in [0.1, 0.15) is 23.2 Å². The largest absolute Gasteiger partial charge is 0.496 e. The molecule has 0 bridgehead atoms. The zero-order chi connectivity index (χ0) is 13.2. The number of carbonyl (C=O) groups excluding carboxylic acids is 1. The number of benzene rings is 1. The highest BCUT2D eigenvalue weighted by Gasteiger charge is 2.37. The molecule has 0 aromatic heterocycles. The Bertz CT molecular complexity index is 461. The zero-order valence-electron chi connectivity index (χ0n) is 11.3. The summed E-state index contributed by atoms with van der Waals surface area (Å²) in [5.74, 6) is 1.37. The fraction of sp³-hybridized carbons (Fsp3) is 0.533. The molecule has 102 valence electrons. The normalized spacial score (nSPS) is 26.1. The third-order valence-electron chi connectivity index (χ3n) is 4.22. The Hall–Kier alpha value is -1.55. The lowest BCUT2D eigenvalue weighted by Crippen LogP contribution is -2.41. The van der Waals surface area contributed by atoms with Crippen molar-refractivity contribution < 1.29 is 9.53 Å². The number of fused-ring (bicyclic) bond motifs is 1. The SMILES string of the molecule is COc1ccccc1C(=O)N1C[C@@H]2CCCN[C@@H]2C1. The maximum Gasteiger partial charge on any atom is 0.257 e. The second kappa shape index (κ2) is 5.21. The first-order valence-corrected chi connectivity index (χ1v) is 6.95. The van der Waals surface area contributed by atoms with Crippen LogP contribution in [-0.2, 0) is 0 Å². The third-order valence-corrected chi connectivity index (χ3v) is 4.22. The van der Waals surface area contributed by atoms with Gasteiger partial charge in [0.05, 0.1) is 12.7 Å². The Morgan fingerprint density at radius 1 is 1.37 bits per heavy atom. The number of hydrogen-bond acceptors (Lipinski definition) is 3. The van der Waals surface area contributed by atoms with Crippen LogP contribution in [0.3, 0.4) is 0 Å². The minimum absolute atomic E-state index is 0.0913. The molecule has 2 saturated heterocycles. The van der Waals surface area contributed by atoms with Crippen molar-refractivity contribution in [1.29, 1.82) is 0 Å². The summed E-state index contributed by atoms with van der Waals surface area (Å²) in [4.78, 5) is 14.6. The van der Waals surface area contributed by atoms with Gasteiger partial charge in [0.2, 0.25) is 0 Å². The summed E-state index contributed by atoms with van der Waals surface area (Å²) >= 11 is 0. The number of methoxy groups -OCH3 is 1. The molecule has 2 atom stereocenters. The number of likely N-dealkylation sites (tertiary alicyclic amines) is 1.